The molecule has 2 nitrogen and oxygen atoms in total. The van der Waals surface area contributed by atoms with E-state index in [1.54, 1.807) is 0 Å². The molecule has 0 bridgehead atoms. The fourth-order valence-corrected chi connectivity index (χ4v) is 3.44. The summed E-state index contributed by atoms with van der Waals surface area (Å²) in [5.41, 5.74) is 0.594. The van der Waals surface area contributed by atoms with Crippen molar-refractivity contribution in [3.05, 3.63) is 48.0 Å². The van der Waals surface area contributed by atoms with E-state index in [1.165, 1.54) is 10.8 Å². The average molecular weight is 270 g/mol. The van der Waals surface area contributed by atoms with Crippen LogP contribution in [0.3, 0.4) is 0 Å². The van der Waals surface area contributed by atoms with Crippen LogP contribution in [0, 0.1) is 0 Å². The number of rotatable bonds is 4. The first-order valence-corrected chi connectivity index (χ1v) is 7.56. The molecule has 0 spiro atoms. The number of hydrogen-bond acceptors (Lipinski definition) is 2. The maximum Gasteiger partial charge on any atom is 0.108 e. The van der Waals surface area contributed by atoms with Crippen LogP contribution >= 0.6 is 0 Å². The molecule has 1 saturated carbocycles. The van der Waals surface area contributed by atoms with E-state index in [-0.39, 0.29) is 5.60 Å². The fourth-order valence-electron chi connectivity index (χ4n) is 3.44. The molecule has 0 heterocycles. The largest absolute Gasteiger partial charge is 0.385 e. The predicted octanol–water partition coefficient (Wildman–Crippen LogP) is 4.22. The summed E-state index contributed by atoms with van der Waals surface area (Å²) in [6.45, 7) is 2.66. The lowest BCUT2D eigenvalue weighted by atomic mass is 9.88. The van der Waals surface area contributed by atoms with Gasteiger partial charge in [-0.1, -0.05) is 49.2 Å². The number of hydrogen-bond donors (Lipinski definition) is 1. The summed E-state index contributed by atoms with van der Waals surface area (Å²) in [5.74, 6) is 0. The number of aliphatic hydroxyl groups is 1. The van der Waals surface area contributed by atoms with Crippen LogP contribution in [-0.4, -0.2) is 17.3 Å². The SMILES string of the molecule is CCOC1(C(O)c2ccc3ccccc3c2)CCCC1. The molecule has 0 aromatic heterocycles. The van der Waals surface area contributed by atoms with E-state index in [2.05, 4.69) is 24.3 Å². The van der Waals surface area contributed by atoms with E-state index in [9.17, 15) is 5.11 Å². The molecule has 1 fully saturated rings. The molecule has 0 aliphatic heterocycles. The van der Waals surface area contributed by atoms with Gasteiger partial charge in [-0.05, 0) is 42.2 Å². The van der Waals surface area contributed by atoms with Crippen LogP contribution in [0.4, 0.5) is 0 Å². The molecule has 2 heteroatoms. The van der Waals surface area contributed by atoms with E-state index in [4.69, 9.17) is 4.74 Å². The van der Waals surface area contributed by atoms with Gasteiger partial charge in [0.05, 0.1) is 5.60 Å². The quantitative estimate of drug-likeness (QED) is 0.901. The number of aliphatic hydroxyl groups excluding tert-OH is 1. The van der Waals surface area contributed by atoms with Crippen LogP contribution in [0.5, 0.6) is 0 Å². The second kappa shape index (κ2) is 5.55. The standard InChI is InChI=1S/C18H22O2/c1-2-20-18(11-5-6-12-18)17(19)16-10-9-14-7-3-4-8-15(14)13-16/h3-4,7-10,13,17,19H,2,5-6,11-12H2,1H3. The van der Waals surface area contributed by atoms with Gasteiger partial charge < -0.3 is 9.84 Å². The van der Waals surface area contributed by atoms with Gasteiger partial charge in [-0.3, -0.25) is 0 Å². The van der Waals surface area contributed by atoms with Crippen molar-refractivity contribution in [1.29, 1.82) is 0 Å². The van der Waals surface area contributed by atoms with E-state index < -0.39 is 6.10 Å². The summed E-state index contributed by atoms with van der Waals surface area (Å²) in [4.78, 5) is 0. The summed E-state index contributed by atoms with van der Waals surface area (Å²) in [5, 5.41) is 13.2. The lowest BCUT2D eigenvalue weighted by molar-refractivity contribution is -0.118. The molecule has 1 aliphatic carbocycles. The monoisotopic (exact) mass is 270 g/mol. The van der Waals surface area contributed by atoms with E-state index in [1.807, 2.05) is 25.1 Å². The van der Waals surface area contributed by atoms with Crippen molar-refractivity contribution in [3.8, 4) is 0 Å². The van der Waals surface area contributed by atoms with Crippen molar-refractivity contribution in [3.63, 3.8) is 0 Å². The molecule has 1 atom stereocenters. The fraction of sp³-hybridized carbons (Fsp3) is 0.444. The van der Waals surface area contributed by atoms with E-state index in [0.717, 1.165) is 31.2 Å². The highest BCUT2D eigenvalue weighted by Gasteiger charge is 2.42. The van der Waals surface area contributed by atoms with Gasteiger partial charge in [0.25, 0.3) is 0 Å². The summed E-state index contributed by atoms with van der Waals surface area (Å²) in [6, 6.07) is 14.5. The third-order valence-corrected chi connectivity index (χ3v) is 4.47. The Kier molecular flexibility index (Phi) is 3.77. The smallest absolute Gasteiger partial charge is 0.108 e. The molecular formula is C18H22O2. The first-order chi connectivity index (χ1) is 9.75. The van der Waals surface area contributed by atoms with Crippen molar-refractivity contribution < 1.29 is 9.84 Å². The molecule has 2 aromatic rings. The van der Waals surface area contributed by atoms with Crippen molar-refractivity contribution >= 4 is 10.8 Å². The summed E-state index contributed by atoms with van der Waals surface area (Å²) in [6.07, 6.45) is 3.66. The molecule has 0 radical (unpaired) electrons. The minimum Gasteiger partial charge on any atom is -0.385 e. The second-order valence-electron chi connectivity index (χ2n) is 5.71. The van der Waals surface area contributed by atoms with Gasteiger partial charge in [-0.15, -0.1) is 0 Å². The van der Waals surface area contributed by atoms with Gasteiger partial charge in [0.1, 0.15) is 6.10 Å². The zero-order valence-electron chi connectivity index (χ0n) is 12.0. The molecule has 3 rings (SSSR count). The Morgan fingerprint density at radius 2 is 1.80 bits per heavy atom. The maximum absolute atomic E-state index is 10.8. The summed E-state index contributed by atoms with van der Waals surface area (Å²) >= 11 is 0. The minimum absolute atomic E-state index is 0.378. The highest BCUT2D eigenvalue weighted by Crippen LogP contribution is 2.43. The number of benzene rings is 2. The lowest BCUT2D eigenvalue weighted by Crippen LogP contribution is -2.36. The van der Waals surface area contributed by atoms with E-state index in [0.29, 0.717) is 6.61 Å². The number of fused-ring (bicyclic) bond motifs is 1. The summed E-state index contributed by atoms with van der Waals surface area (Å²) < 4.78 is 5.97. The Balaban J connectivity index is 1.96. The van der Waals surface area contributed by atoms with Gasteiger partial charge in [0.15, 0.2) is 0 Å². The molecule has 106 valence electrons. The molecule has 1 N–H and O–H groups in total. The Morgan fingerprint density at radius 3 is 2.50 bits per heavy atom. The molecular weight excluding hydrogens is 248 g/mol. The van der Waals surface area contributed by atoms with Crippen LogP contribution in [0.2, 0.25) is 0 Å². The van der Waals surface area contributed by atoms with Crippen LogP contribution in [-0.2, 0) is 4.74 Å². The third-order valence-electron chi connectivity index (χ3n) is 4.47. The molecule has 0 amide bonds. The molecule has 1 unspecified atom stereocenters. The van der Waals surface area contributed by atoms with Crippen molar-refractivity contribution in [2.24, 2.45) is 0 Å². The van der Waals surface area contributed by atoms with Gasteiger partial charge in [-0.25, -0.2) is 0 Å². The Labute approximate surface area is 120 Å². The molecule has 20 heavy (non-hydrogen) atoms. The highest BCUT2D eigenvalue weighted by atomic mass is 16.5. The highest BCUT2D eigenvalue weighted by molar-refractivity contribution is 5.83. The van der Waals surface area contributed by atoms with Gasteiger partial charge in [0, 0.05) is 6.61 Å². The second-order valence-corrected chi connectivity index (χ2v) is 5.71. The zero-order chi connectivity index (χ0) is 14.0. The normalized spacial score (nSPS) is 19.3. The zero-order valence-corrected chi connectivity index (χ0v) is 12.0. The summed E-state index contributed by atoms with van der Waals surface area (Å²) in [7, 11) is 0. The van der Waals surface area contributed by atoms with Gasteiger partial charge >= 0.3 is 0 Å². The topological polar surface area (TPSA) is 29.5 Å². The Hall–Kier alpha value is -1.38. The first-order valence-electron chi connectivity index (χ1n) is 7.56. The Morgan fingerprint density at radius 1 is 1.10 bits per heavy atom. The first kappa shape index (κ1) is 13.6. The van der Waals surface area contributed by atoms with Crippen LogP contribution in [0.1, 0.15) is 44.3 Å². The lowest BCUT2D eigenvalue weighted by Gasteiger charge is -2.34. The van der Waals surface area contributed by atoms with Crippen LogP contribution in [0.25, 0.3) is 10.8 Å². The predicted molar refractivity (Wildman–Crippen MR) is 81.7 cm³/mol. The van der Waals surface area contributed by atoms with Gasteiger partial charge in [0.2, 0.25) is 0 Å². The van der Waals surface area contributed by atoms with Crippen molar-refractivity contribution in [1.82, 2.24) is 0 Å². The average Bonchev–Trinajstić information content (AvgIpc) is 2.96. The van der Waals surface area contributed by atoms with E-state index >= 15 is 0 Å². The van der Waals surface area contributed by atoms with Crippen molar-refractivity contribution in [2.75, 3.05) is 6.61 Å². The molecule has 0 saturated heterocycles. The number of ether oxygens (including phenoxy) is 1. The Bertz CT molecular complexity index is 585. The molecule has 1 aliphatic rings. The van der Waals surface area contributed by atoms with Crippen molar-refractivity contribution in [2.45, 2.75) is 44.3 Å². The third kappa shape index (κ3) is 2.34. The van der Waals surface area contributed by atoms with Crippen LogP contribution in [0.15, 0.2) is 42.5 Å². The van der Waals surface area contributed by atoms with Gasteiger partial charge in [-0.2, -0.15) is 0 Å². The van der Waals surface area contributed by atoms with Crippen LogP contribution < -0.4 is 0 Å². The maximum atomic E-state index is 10.8. The minimum atomic E-state index is -0.533. The molecule has 2 aromatic carbocycles.